The number of carbonyl (C=O) groups is 1. The molecule has 0 radical (unpaired) electrons. The molecule has 0 heterocycles. The molecular formula is C19H20N2O2. The Hall–Kier alpha value is -2.80. The van der Waals surface area contributed by atoms with Gasteiger partial charge in [0.15, 0.2) is 0 Å². The minimum Gasteiger partial charge on any atom is -0.481 e. The molecular weight excluding hydrogens is 288 g/mol. The van der Waals surface area contributed by atoms with Crippen molar-refractivity contribution in [1.82, 2.24) is 0 Å². The van der Waals surface area contributed by atoms with Gasteiger partial charge in [-0.1, -0.05) is 18.2 Å². The highest BCUT2D eigenvalue weighted by Gasteiger charge is 2.11. The molecule has 0 unspecified atom stereocenters. The van der Waals surface area contributed by atoms with E-state index in [4.69, 9.17) is 10.4 Å². The molecule has 2 rings (SSSR count). The summed E-state index contributed by atoms with van der Waals surface area (Å²) in [6, 6.07) is 15.7. The van der Waals surface area contributed by atoms with Crippen LogP contribution in [0.5, 0.6) is 0 Å². The van der Waals surface area contributed by atoms with E-state index >= 15 is 0 Å². The number of nitrogens with zero attached hydrogens (tertiary/aromatic N) is 2. The molecule has 2 aromatic carbocycles. The van der Waals surface area contributed by atoms with Crippen molar-refractivity contribution in [2.45, 2.75) is 26.8 Å². The lowest BCUT2D eigenvalue weighted by Crippen LogP contribution is -2.25. The van der Waals surface area contributed by atoms with Gasteiger partial charge >= 0.3 is 5.97 Å². The summed E-state index contributed by atoms with van der Waals surface area (Å²) in [5, 5.41) is 18.0. The largest absolute Gasteiger partial charge is 0.481 e. The molecule has 118 valence electrons. The van der Waals surface area contributed by atoms with Crippen LogP contribution in [0.2, 0.25) is 0 Å². The van der Waals surface area contributed by atoms with Crippen molar-refractivity contribution in [2.75, 3.05) is 11.4 Å². The van der Waals surface area contributed by atoms with E-state index in [1.807, 2.05) is 42.2 Å². The van der Waals surface area contributed by atoms with E-state index in [1.54, 1.807) is 6.07 Å². The molecule has 0 amide bonds. The third-order valence-corrected chi connectivity index (χ3v) is 3.88. The maximum Gasteiger partial charge on any atom is 0.305 e. The van der Waals surface area contributed by atoms with Gasteiger partial charge in [-0.25, -0.2) is 0 Å². The lowest BCUT2D eigenvalue weighted by atomic mass is 10.1. The summed E-state index contributed by atoms with van der Waals surface area (Å²) >= 11 is 0. The first kappa shape index (κ1) is 16.6. The fourth-order valence-electron chi connectivity index (χ4n) is 2.41. The monoisotopic (exact) mass is 308 g/mol. The number of aryl methyl sites for hydroxylation is 2. The Morgan fingerprint density at radius 3 is 2.61 bits per heavy atom. The van der Waals surface area contributed by atoms with Gasteiger partial charge in [0.1, 0.15) is 0 Å². The van der Waals surface area contributed by atoms with E-state index in [0.29, 0.717) is 18.7 Å². The second-order valence-corrected chi connectivity index (χ2v) is 5.65. The van der Waals surface area contributed by atoms with E-state index in [1.165, 1.54) is 11.1 Å². The normalized spacial score (nSPS) is 10.1. The maximum absolute atomic E-state index is 10.9. The summed E-state index contributed by atoms with van der Waals surface area (Å²) < 4.78 is 0. The Bertz CT molecular complexity index is 747. The fourth-order valence-corrected chi connectivity index (χ4v) is 2.41. The maximum atomic E-state index is 10.9. The number of rotatable bonds is 6. The van der Waals surface area contributed by atoms with Crippen LogP contribution in [-0.2, 0) is 11.3 Å². The number of nitriles is 1. The van der Waals surface area contributed by atoms with Gasteiger partial charge in [-0.15, -0.1) is 0 Å². The molecule has 0 fully saturated rings. The third-order valence-electron chi connectivity index (χ3n) is 3.88. The van der Waals surface area contributed by atoms with E-state index in [9.17, 15) is 4.79 Å². The number of hydrogen-bond acceptors (Lipinski definition) is 3. The van der Waals surface area contributed by atoms with Gasteiger partial charge in [0.2, 0.25) is 0 Å². The number of benzene rings is 2. The summed E-state index contributed by atoms with van der Waals surface area (Å²) in [7, 11) is 0. The lowest BCUT2D eigenvalue weighted by molar-refractivity contribution is -0.136. The molecule has 0 aromatic heterocycles. The molecule has 1 N–H and O–H groups in total. The lowest BCUT2D eigenvalue weighted by Gasteiger charge is -2.25. The smallest absolute Gasteiger partial charge is 0.305 e. The minimum absolute atomic E-state index is 0.0743. The molecule has 2 aromatic rings. The second kappa shape index (κ2) is 7.46. The van der Waals surface area contributed by atoms with Crippen molar-refractivity contribution in [2.24, 2.45) is 0 Å². The van der Waals surface area contributed by atoms with Gasteiger partial charge < -0.3 is 10.0 Å². The van der Waals surface area contributed by atoms with Crippen LogP contribution in [0, 0.1) is 25.2 Å². The predicted octanol–water partition coefficient (Wildman–Crippen LogP) is 3.66. The highest BCUT2D eigenvalue weighted by atomic mass is 16.4. The van der Waals surface area contributed by atoms with Crippen molar-refractivity contribution in [3.05, 3.63) is 64.7 Å². The standard InChI is InChI=1S/C19H20N2O2/c1-14-6-7-18(10-15(14)2)21(9-8-19(22)23)13-17-5-3-4-16(11-17)12-20/h3-7,10-11H,8-9,13H2,1-2H3,(H,22,23). The zero-order valence-electron chi connectivity index (χ0n) is 13.4. The Labute approximate surface area is 136 Å². The average Bonchev–Trinajstić information content (AvgIpc) is 2.54. The van der Waals surface area contributed by atoms with E-state index in [-0.39, 0.29) is 6.42 Å². The highest BCUT2D eigenvalue weighted by molar-refractivity contribution is 5.67. The molecule has 0 aliphatic carbocycles. The fraction of sp³-hybridized carbons (Fsp3) is 0.263. The Kier molecular flexibility index (Phi) is 5.37. The van der Waals surface area contributed by atoms with Crippen molar-refractivity contribution in [3.8, 4) is 6.07 Å². The van der Waals surface area contributed by atoms with Crippen LogP contribution >= 0.6 is 0 Å². The van der Waals surface area contributed by atoms with E-state index in [2.05, 4.69) is 19.1 Å². The van der Waals surface area contributed by atoms with Gasteiger partial charge in [0.25, 0.3) is 0 Å². The van der Waals surface area contributed by atoms with Crippen LogP contribution in [0.3, 0.4) is 0 Å². The minimum atomic E-state index is -0.815. The molecule has 0 aliphatic rings. The summed E-state index contributed by atoms with van der Waals surface area (Å²) in [6.07, 6.45) is 0.0743. The number of hydrogen-bond donors (Lipinski definition) is 1. The van der Waals surface area contributed by atoms with Crippen LogP contribution in [0.25, 0.3) is 0 Å². The zero-order chi connectivity index (χ0) is 16.8. The predicted molar refractivity (Wildman–Crippen MR) is 90.4 cm³/mol. The van der Waals surface area contributed by atoms with Gasteiger partial charge in [-0.2, -0.15) is 5.26 Å². The number of carboxylic acids is 1. The summed E-state index contributed by atoms with van der Waals surface area (Å²) in [6.45, 7) is 5.10. The number of aliphatic carboxylic acids is 1. The third kappa shape index (κ3) is 4.58. The number of anilines is 1. The van der Waals surface area contributed by atoms with E-state index < -0.39 is 5.97 Å². The highest BCUT2D eigenvalue weighted by Crippen LogP contribution is 2.21. The molecule has 0 saturated heterocycles. The average molecular weight is 308 g/mol. The Balaban J connectivity index is 2.27. The van der Waals surface area contributed by atoms with Gasteiger partial charge in [0, 0.05) is 18.8 Å². The van der Waals surface area contributed by atoms with E-state index in [0.717, 1.165) is 11.3 Å². The van der Waals surface area contributed by atoms with Crippen LogP contribution in [0.1, 0.15) is 28.7 Å². The molecule has 0 bridgehead atoms. The van der Waals surface area contributed by atoms with Crippen LogP contribution in [-0.4, -0.2) is 17.6 Å². The topological polar surface area (TPSA) is 64.3 Å². The Morgan fingerprint density at radius 1 is 1.17 bits per heavy atom. The Morgan fingerprint density at radius 2 is 1.96 bits per heavy atom. The van der Waals surface area contributed by atoms with Crippen molar-refractivity contribution in [3.63, 3.8) is 0 Å². The van der Waals surface area contributed by atoms with Crippen LogP contribution < -0.4 is 4.90 Å². The van der Waals surface area contributed by atoms with Gasteiger partial charge in [-0.3, -0.25) is 4.79 Å². The molecule has 0 aliphatic heterocycles. The first-order valence-electron chi connectivity index (χ1n) is 7.52. The first-order chi connectivity index (χ1) is 11.0. The molecule has 4 heteroatoms. The molecule has 0 atom stereocenters. The first-order valence-corrected chi connectivity index (χ1v) is 7.52. The SMILES string of the molecule is Cc1ccc(N(CCC(=O)O)Cc2cccc(C#N)c2)cc1C. The molecule has 4 nitrogen and oxygen atoms in total. The number of carboxylic acid groups (broad SMARTS) is 1. The van der Waals surface area contributed by atoms with Crippen molar-refractivity contribution in [1.29, 1.82) is 5.26 Å². The van der Waals surface area contributed by atoms with Crippen LogP contribution in [0.15, 0.2) is 42.5 Å². The van der Waals surface area contributed by atoms with Gasteiger partial charge in [-0.05, 0) is 54.8 Å². The van der Waals surface area contributed by atoms with Gasteiger partial charge in [0.05, 0.1) is 18.1 Å². The molecule has 0 saturated carbocycles. The quantitative estimate of drug-likeness (QED) is 0.884. The second-order valence-electron chi connectivity index (χ2n) is 5.65. The van der Waals surface area contributed by atoms with Crippen molar-refractivity contribution < 1.29 is 9.90 Å². The molecule has 0 spiro atoms. The van der Waals surface area contributed by atoms with Crippen molar-refractivity contribution >= 4 is 11.7 Å². The summed E-state index contributed by atoms with van der Waals surface area (Å²) in [5.74, 6) is -0.815. The summed E-state index contributed by atoms with van der Waals surface area (Å²) in [5.41, 5.74) is 4.98. The zero-order valence-corrected chi connectivity index (χ0v) is 13.4. The van der Waals surface area contributed by atoms with Crippen LogP contribution in [0.4, 0.5) is 5.69 Å². The summed E-state index contributed by atoms with van der Waals surface area (Å²) in [4.78, 5) is 13.0. The molecule has 23 heavy (non-hydrogen) atoms.